The van der Waals surface area contributed by atoms with Crippen LogP contribution in [0.5, 0.6) is 0 Å². The molecule has 1 fully saturated rings. The van der Waals surface area contributed by atoms with Gasteiger partial charge >= 0.3 is 0 Å². The van der Waals surface area contributed by atoms with Crippen molar-refractivity contribution in [1.29, 1.82) is 0 Å². The molecule has 2 aromatic carbocycles. The van der Waals surface area contributed by atoms with Crippen LogP contribution in [0, 0.1) is 0 Å². The van der Waals surface area contributed by atoms with Crippen molar-refractivity contribution in [2.75, 3.05) is 11.1 Å². The summed E-state index contributed by atoms with van der Waals surface area (Å²) in [5.41, 5.74) is 9.27. The van der Waals surface area contributed by atoms with Crippen molar-refractivity contribution in [1.82, 2.24) is 0 Å². The van der Waals surface area contributed by atoms with Gasteiger partial charge in [0, 0.05) is 28.9 Å². The summed E-state index contributed by atoms with van der Waals surface area (Å²) in [6, 6.07) is 16.5. The van der Waals surface area contributed by atoms with Gasteiger partial charge < -0.3 is 11.1 Å². The van der Waals surface area contributed by atoms with E-state index < -0.39 is 0 Å². The minimum absolute atomic E-state index is 0.00144. The minimum atomic E-state index is 0.00144. The summed E-state index contributed by atoms with van der Waals surface area (Å²) < 4.78 is 0. The number of carbonyl (C=O) groups is 1. The van der Waals surface area contributed by atoms with Crippen LogP contribution >= 0.6 is 0 Å². The first-order valence-corrected chi connectivity index (χ1v) is 6.87. The molecule has 3 nitrogen and oxygen atoms in total. The second-order valence-electron chi connectivity index (χ2n) is 5.36. The Morgan fingerprint density at radius 2 is 1.95 bits per heavy atom. The van der Waals surface area contributed by atoms with Crippen LogP contribution in [0.15, 0.2) is 48.5 Å². The van der Waals surface area contributed by atoms with E-state index in [4.69, 9.17) is 5.73 Å². The quantitative estimate of drug-likeness (QED) is 0.658. The Kier molecular flexibility index (Phi) is 3.18. The Hall–Kier alpha value is -2.29. The maximum Gasteiger partial charge on any atom is 0.161 e. The molecular weight excluding hydrogens is 248 g/mol. The lowest BCUT2D eigenvalue weighted by molar-refractivity contribution is 0.101. The smallest absolute Gasteiger partial charge is 0.161 e. The van der Waals surface area contributed by atoms with Crippen molar-refractivity contribution in [2.45, 2.75) is 25.3 Å². The van der Waals surface area contributed by atoms with Gasteiger partial charge in [0.2, 0.25) is 0 Å². The monoisotopic (exact) mass is 266 g/mol. The third-order valence-corrected chi connectivity index (χ3v) is 3.80. The number of carbonyl (C=O) groups excluding carboxylic acids is 1. The number of nitrogens with one attached hydrogen (secondary N) is 1. The Balaban J connectivity index is 1.71. The van der Waals surface area contributed by atoms with Crippen molar-refractivity contribution in [2.24, 2.45) is 0 Å². The summed E-state index contributed by atoms with van der Waals surface area (Å²) >= 11 is 0. The fraction of sp³-hybridized carbons (Fsp3) is 0.235. The van der Waals surface area contributed by atoms with Crippen molar-refractivity contribution in [3.8, 4) is 0 Å². The van der Waals surface area contributed by atoms with E-state index in [9.17, 15) is 4.79 Å². The van der Waals surface area contributed by atoms with Gasteiger partial charge in [-0.3, -0.25) is 4.79 Å². The highest BCUT2D eigenvalue weighted by atomic mass is 16.1. The topological polar surface area (TPSA) is 55.1 Å². The maximum absolute atomic E-state index is 11.5. The summed E-state index contributed by atoms with van der Waals surface area (Å²) in [7, 11) is 0. The first kappa shape index (κ1) is 12.7. The highest BCUT2D eigenvalue weighted by molar-refractivity contribution is 6.00. The molecule has 0 heterocycles. The molecule has 0 spiro atoms. The van der Waals surface area contributed by atoms with E-state index >= 15 is 0 Å². The number of nitrogens with two attached hydrogens (primary N) is 1. The Bertz CT molecular complexity index is 637. The summed E-state index contributed by atoms with van der Waals surface area (Å²) in [5.74, 6) is 0.566. The molecule has 0 amide bonds. The summed E-state index contributed by atoms with van der Waals surface area (Å²) in [6.07, 6.45) is 1.13. The fourth-order valence-corrected chi connectivity index (χ4v) is 2.59. The molecule has 2 unspecified atom stereocenters. The third kappa shape index (κ3) is 2.52. The normalized spacial score (nSPS) is 20.4. The Morgan fingerprint density at radius 3 is 2.65 bits per heavy atom. The number of hydrogen-bond donors (Lipinski definition) is 2. The van der Waals surface area contributed by atoms with Crippen LogP contribution in [-0.2, 0) is 0 Å². The van der Waals surface area contributed by atoms with Crippen molar-refractivity contribution < 1.29 is 4.79 Å². The van der Waals surface area contributed by atoms with Gasteiger partial charge in [-0.05, 0) is 37.1 Å². The molecular formula is C17H18N2O. The predicted octanol–water partition coefficient (Wildman–Crippen LogP) is 3.44. The van der Waals surface area contributed by atoms with E-state index in [0.717, 1.165) is 12.1 Å². The molecule has 0 aromatic heterocycles. The second kappa shape index (κ2) is 5.00. The molecule has 1 aliphatic rings. The lowest BCUT2D eigenvalue weighted by Gasteiger charge is -2.09. The number of nitrogen functional groups attached to an aromatic ring is 1. The first-order valence-electron chi connectivity index (χ1n) is 6.87. The van der Waals surface area contributed by atoms with E-state index in [0.29, 0.717) is 23.2 Å². The Morgan fingerprint density at radius 1 is 1.20 bits per heavy atom. The molecule has 0 bridgehead atoms. The summed E-state index contributed by atoms with van der Waals surface area (Å²) in [6.45, 7) is 1.54. The number of ketones is 1. The van der Waals surface area contributed by atoms with Crippen LogP contribution in [0.2, 0.25) is 0 Å². The van der Waals surface area contributed by atoms with Gasteiger partial charge in [-0.15, -0.1) is 0 Å². The molecule has 2 aromatic rings. The molecule has 3 N–H and O–H groups in total. The summed E-state index contributed by atoms with van der Waals surface area (Å²) in [5, 5.41) is 3.48. The van der Waals surface area contributed by atoms with Crippen LogP contribution in [0.3, 0.4) is 0 Å². The van der Waals surface area contributed by atoms with Crippen LogP contribution in [0.1, 0.15) is 35.2 Å². The number of hydrogen-bond acceptors (Lipinski definition) is 3. The minimum Gasteiger partial charge on any atom is -0.398 e. The van der Waals surface area contributed by atoms with Crippen molar-refractivity contribution in [3.05, 3.63) is 59.7 Å². The average molecular weight is 266 g/mol. The molecule has 1 saturated carbocycles. The molecule has 3 rings (SSSR count). The van der Waals surface area contributed by atoms with E-state index in [1.165, 1.54) is 5.56 Å². The number of Topliss-reactive ketones (excluding diaryl/α,β-unsaturated/α-hetero) is 1. The van der Waals surface area contributed by atoms with Gasteiger partial charge in [-0.1, -0.05) is 30.3 Å². The molecule has 2 atom stereocenters. The number of rotatable bonds is 4. The molecule has 3 heteroatoms. The predicted molar refractivity (Wildman–Crippen MR) is 82.1 cm³/mol. The van der Waals surface area contributed by atoms with Crippen LogP contribution in [-0.4, -0.2) is 11.8 Å². The van der Waals surface area contributed by atoms with E-state index in [1.54, 1.807) is 13.0 Å². The van der Waals surface area contributed by atoms with Crippen LogP contribution in [0.25, 0.3) is 0 Å². The standard InChI is InChI=1S/C17H18N2O/c1-11(20)14-9-13(7-8-16(14)18)19-17-10-15(17)12-5-3-2-4-6-12/h2-9,15,17,19H,10,18H2,1H3. The van der Waals surface area contributed by atoms with Gasteiger partial charge in [0.1, 0.15) is 0 Å². The SMILES string of the molecule is CC(=O)c1cc(NC2CC2c2ccccc2)ccc1N. The zero-order chi connectivity index (χ0) is 14.1. The van der Waals surface area contributed by atoms with E-state index in [-0.39, 0.29) is 5.78 Å². The van der Waals surface area contributed by atoms with Crippen LogP contribution < -0.4 is 11.1 Å². The molecule has 0 radical (unpaired) electrons. The highest BCUT2D eigenvalue weighted by Crippen LogP contribution is 2.42. The molecule has 0 aliphatic heterocycles. The zero-order valence-corrected chi connectivity index (χ0v) is 11.5. The first-order chi connectivity index (χ1) is 9.65. The van der Waals surface area contributed by atoms with Crippen LogP contribution in [0.4, 0.5) is 11.4 Å². The maximum atomic E-state index is 11.5. The zero-order valence-electron chi connectivity index (χ0n) is 11.5. The van der Waals surface area contributed by atoms with Crippen molar-refractivity contribution in [3.63, 3.8) is 0 Å². The molecule has 0 saturated heterocycles. The Labute approximate surface area is 118 Å². The van der Waals surface area contributed by atoms with Gasteiger partial charge in [-0.2, -0.15) is 0 Å². The average Bonchev–Trinajstić information content (AvgIpc) is 3.21. The van der Waals surface area contributed by atoms with Gasteiger partial charge in [-0.25, -0.2) is 0 Å². The largest absolute Gasteiger partial charge is 0.398 e. The molecule has 1 aliphatic carbocycles. The number of anilines is 2. The second-order valence-corrected chi connectivity index (χ2v) is 5.36. The van der Waals surface area contributed by atoms with E-state index in [1.807, 2.05) is 18.2 Å². The summed E-state index contributed by atoms with van der Waals surface area (Å²) in [4.78, 5) is 11.5. The van der Waals surface area contributed by atoms with Gasteiger partial charge in [0.05, 0.1) is 0 Å². The number of benzene rings is 2. The third-order valence-electron chi connectivity index (χ3n) is 3.80. The van der Waals surface area contributed by atoms with Gasteiger partial charge in [0.15, 0.2) is 5.78 Å². The molecule has 102 valence electrons. The lowest BCUT2D eigenvalue weighted by Crippen LogP contribution is -2.06. The van der Waals surface area contributed by atoms with Crippen molar-refractivity contribution >= 4 is 17.2 Å². The van der Waals surface area contributed by atoms with Gasteiger partial charge in [0.25, 0.3) is 0 Å². The fourth-order valence-electron chi connectivity index (χ4n) is 2.59. The lowest BCUT2D eigenvalue weighted by atomic mass is 10.1. The highest BCUT2D eigenvalue weighted by Gasteiger charge is 2.38. The molecule has 20 heavy (non-hydrogen) atoms. The van der Waals surface area contributed by atoms with E-state index in [2.05, 4.69) is 29.6 Å².